The normalized spacial score (nSPS) is 13.3. The first-order chi connectivity index (χ1) is 18.1. The van der Waals surface area contributed by atoms with Gasteiger partial charge in [-0.3, -0.25) is 5.32 Å². The lowest BCUT2D eigenvalue weighted by atomic mass is 10.1. The Balaban J connectivity index is 1.50. The molecule has 0 radical (unpaired) electrons. The van der Waals surface area contributed by atoms with Gasteiger partial charge in [0.1, 0.15) is 25.0 Å². The number of fused-ring (bicyclic) bond motifs is 1. The lowest BCUT2D eigenvalue weighted by Crippen LogP contribution is -2.13. The van der Waals surface area contributed by atoms with Gasteiger partial charge in [-0.2, -0.15) is 10.4 Å². The third kappa shape index (κ3) is 6.38. The van der Waals surface area contributed by atoms with E-state index in [1.165, 1.54) is 18.7 Å². The van der Waals surface area contributed by atoms with Crippen molar-refractivity contribution in [2.45, 2.75) is 26.9 Å². The molecule has 1 amide bonds. The van der Waals surface area contributed by atoms with Crippen LogP contribution in [0.2, 0.25) is 0 Å². The molecular weight excluding hydrogens is 470 g/mol. The molecule has 2 N–H and O–H groups in total. The molecule has 1 aliphatic carbocycles. The lowest BCUT2D eigenvalue weighted by molar-refractivity contribution is 0.155. The number of nitrogens with zero attached hydrogens (tertiary/aromatic N) is 3. The Labute approximate surface area is 214 Å². The Hall–Kier alpha value is -4.97. The minimum absolute atomic E-state index is 0.0880. The van der Waals surface area contributed by atoms with Crippen molar-refractivity contribution in [1.29, 1.82) is 5.26 Å². The zero-order valence-corrected chi connectivity index (χ0v) is 20.6. The number of carbonyl (C=O) groups excluding carboxylic acids is 1. The molecule has 0 aliphatic heterocycles. The number of aromatic nitrogens is 2. The molecule has 188 valence electrons. The maximum absolute atomic E-state index is 12.4. The summed E-state index contributed by atoms with van der Waals surface area (Å²) >= 11 is 0. The van der Waals surface area contributed by atoms with Crippen LogP contribution >= 0.6 is 0 Å². The second-order valence-electron chi connectivity index (χ2n) is 8.06. The van der Waals surface area contributed by atoms with E-state index in [4.69, 9.17) is 13.9 Å². The average molecular weight is 498 g/mol. The smallest absolute Gasteiger partial charge is 0.412 e. The summed E-state index contributed by atoms with van der Waals surface area (Å²) in [6.45, 7) is 4.36. The molecule has 4 rings (SSSR count). The minimum Gasteiger partial charge on any atom is -0.490 e. The van der Waals surface area contributed by atoms with Gasteiger partial charge < -0.3 is 19.2 Å². The molecule has 0 spiro atoms. The first kappa shape index (κ1) is 25.1. The van der Waals surface area contributed by atoms with Gasteiger partial charge in [0.2, 0.25) is 0 Å². The Morgan fingerprint density at radius 2 is 2.22 bits per heavy atom. The molecule has 9 nitrogen and oxygen atoms in total. The third-order valence-electron chi connectivity index (χ3n) is 5.50. The second-order valence-corrected chi connectivity index (χ2v) is 8.06. The third-order valence-corrected chi connectivity index (χ3v) is 5.50. The SMILES string of the molecule is C/C=C\C=C/COC1=CCC=C(Nc2c(C#N)cnn3cc(NC(=O)OCc4ccoc4)c(C)c23)C=C1. The summed E-state index contributed by atoms with van der Waals surface area (Å²) in [7, 11) is 0. The van der Waals surface area contributed by atoms with Gasteiger partial charge in [0, 0.05) is 16.8 Å². The molecule has 3 aromatic heterocycles. The van der Waals surface area contributed by atoms with E-state index < -0.39 is 6.09 Å². The van der Waals surface area contributed by atoms with E-state index >= 15 is 0 Å². The van der Waals surface area contributed by atoms with Crippen LogP contribution in [0.4, 0.5) is 16.2 Å². The summed E-state index contributed by atoms with van der Waals surface area (Å²) in [5.41, 5.74) is 4.44. The van der Waals surface area contributed by atoms with Gasteiger partial charge in [-0.05, 0) is 50.6 Å². The number of carbonyl (C=O) groups is 1. The fourth-order valence-electron chi connectivity index (χ4n) is 3.64. The Kier molecular flexibility index (Phi) is 8.24. The number of hydrogen-bond donors (Lipinski definition) is 2. The van der Waals surface area contributed by atoms with Crippen LogP contribution in [-0.2, 0) is 16.1 Å². The molecule has 9 heteroatoms. The number of nitriles is 1. The largest absolute Gasteiger partial charge is 0.490 e. The molecular formula is C28H27N5O4. The quantitative estimate of drug-likeness (QED) is 0.341. The maximum atomic E-state index is 12.4. The van der Waals surface area contributed by atoms with Crippen LogP contribution in [0.1, 0.15) is 30.0 Å². The lowest BCUT2D eigenvalue weighted by Gasteiger charge is -2.12. The first-order valence-corrected chi connectivity index (χ1v) is 11.7. The number of ether oxygens (including phenoxy) is 2. The average Bonchev–Trinajstić information content (AvgIpc) is 3.46. The molecule has 37 heavy (non-hydrogen) atoms. The van der Waals surface area contributed by atoms with Crippen molar-refractivity contribution < 1.29 is 18.7 Å². The van der Waals surface area contributed by atoms with E-state index in [1.807, 2.05) is 62.5 Å². The second kappa shape index (κ2) is 12.1. The molecule has 0 bridgehead atoms. The highest BCUT2D eigenvalue weighted by molar-refractivity contribution is 5.92. The number of amides is 1. The van der Waals surface area contributed by atoms with Crippen LogP contribution in [0, 0.1) is 18.3 Å². The van der Waals surface area contributed by atoms with E-state index in [1.54, 1.807) is 16.8 Å². The molecule has 0 saturated carbocycles. The van der Waals surface area contributed by atoms with E-state index in [-0.39, 0.29) is 6.61 Å². The van der Waals surface area contributed by atoms with Crippen LogP contribution in [0.25, 0.3) is 5.52 Å². The summed E-state index contributed by atoms with van der Waals surface area (Å²) in [5, 5.41) is 20.2. The van der Waals surface area contributed by atoms with Gasteiger partial charge in [-0.25, -0.2) is 9.31 Å². The van der Waals surface area contributed by atoms with Crippen molar-refractivity contribution in [3.05, 3.63) is 108 Å². The first-order valence-electron chi connectivity index (χ1n) is 11.7. The van der Waals surface area contributed by atoms with E-state index in [0.717, 1.165) is 22.6 Å². The summed E-state index contributed by atoms with van der Waals surface area (Å²) in [5.74, 6) is 0.762. The van der Waals surface area contributed by atoms with Gasteiger partial charge in [0.05, 0.1) is 47.4 Å². The minimum atomic E-state index is -0.608. The number of aryl methyl sites for hydroxylation is 1. The number of nitrogens with one attached hydrogen (secondary N) is 2. The van der Waals surface area contributed by atoms with Crippen molar-refractivity contribution in [2.24, 2.45) is 0 Å². The summed E-state index contributed by atoms with van der Waals surface area (Å²) < 4.78 is 17.7. The van der Waals surface area contributed by atoms with Gasteiger partial charge in [-0.15, -0.1) is 0 Å². The molecule has 3 heterocycles. The predicted molar refractivity (Wildman–Crippen MR) is 141 cm³/mol. The maximum Gasteiger partial charge on any atom is 0.412 e. The number of hydrogen-bond acceptors (Lipinski definition) is 7. The van der Waals surface area contributed by atoms with Crippen LogP contribution in [0.3, 0.4) is 0 Å². The fraction of sp³-hybridized carbons (Fsp3) is 0.179. The van der Waals surface area contributed by atoms with Crippen molar-refractivity contribution in [2.75, 3.05) is 17.2 Å². The van der Waals surface area contributed by atoms with Gasteiger partial charge in [-0.1, -0.05) is 24.3 Å². The fourth-order valence-corrected chi connectivity index (χ4v) is 3.64. The van der Waals surface area contributed by atoms with Gasteiger partial charge >= 0.3 is 6.09 Å². The van der Waals surface area contributed by atoms with Gasteiger partial charge in [0.25, 0.3) is 0 Å². The Morgan fingerprint density at radius 3 is 3.00 bits per heavy atom. The van der Waals surface area contributed by atoms with Crippen LogP contribution in [-0.4, -0.2) is 22.3 Å². The molecule has 1 aliphatic rings. The molecule has 0 fully saturated rings. The zero-order chi connectivity index (χ0) is 26.0. The monoisotopic (exact) mass is 497 g/mol. The van der Waals surface area contributed by atoms with Crippen molar-refractivity contribution in [3.8, 4) is 6.07 Å². The van der Waals surface area contributed by atoms with Crippen LogP contribution in [0.5, 0.6) is 0 Å². The highest BCUT2D eigenvalue weighted by atomic mass is 16.5. The Bertz CT molecular complexity index is 1450. The number of furan rings is 1. The van der Waals surface area contributed by atoms with Crippen LogP contribution in [0.15, 0.2) is 95.5 Å². The van der Waals surface area contributed by atoms with E-state index in [0.29, 0.717) is 35.5 Å². The molecule has 0 saturated heterocycles. The van der Waals surface area contributed by atoms with Crippen molar-refractivity contribution in [1.82, 2.24) is 9.61 Å². The highest BCUT2D eigenvalue weighted by Crippen LogP contribution is 2.31. The zero-order valence-electron chi connectivity index (χ0n) is 20.6. The molecule has 3 aromatic rings. The topological polar surface area (TPSA) is 114 Å². The number of rotatable bonds is 9. The molecule has 0 unspecified atom stereocenters. The van der Waals surface area contributed by atoms with Gasteiger partial charge in [0.15, 0.2) is 0 Å². The molecule has 0 atom stereocenters. The summed E-state index contributed by atoms with van der Waals surface area (Å²) in [6, 6.07) is 3.92. The number of anilines is 2. The van der Waals surface area contributed by atoms with Crippen molar-refractivity contribution in [3.63, 3.8) is 0 Å². The van der Waals surface area contributed by atoms with Crippen molar-refractivity contribution >= 4 is 23.0 Å². The summed E-state index contributed by atoms with van der Waals surface area (Å²) in [4.78, 5) is 12.4. The summed E-state index contributed by atoms with van der Waals surface area (Å²) in [6.07, 6.45) is 21.8. The Morgan fingerprint density at radius 1 is 1.32 bits per heavy atom. The standard InChI is InChI=1S/C28H27N5O4/c1-3-4-5-6-13-36-24-9-7-8-23(10-11-24)31-26-22(15-29)16-30-33-17-25(20(2)27(26)33)32-28(34)37-19-21-12-14-35-18-21/h3-6,8-12,14,16-18,31H,7,13,19H2,1-2H3,(H,32,34)/b4-3-,6-5-. The van der Waals surface area contributed by atoms with E-state index in [9.17, 15) is 10.1 Å². The van der Waals surface area contributed by atoms with Crippen LogP contribution < -0.4 is 10.6 Å². The number of allylic oxidation sites excluding steroid dienone is 7. The molecule has 0 aromatic carbocycles. The highest BCUT2D eigenvalue weighted by Gasteiger charge is 2.18. The predicted octanol–water partition coefficient (Wildman–Crippen LogP) is 6.14. The van der Waals surface area contributed by atoms with E-state index in [2.05, 4.69) is 21.8 Å².